The molecule has 0 amide bonds. The molecular formula is C20H36N4O4. The van der Waals surface area contributed by atoms with Crippen LogP contribution in [0.1, 0.15) is 89.2 Å². The molecule has 0 aromatic carbocycles. The van der Waals surface area contributed by atoms with Gasteiger partial charge < -0.3 is 15.9 Å². The van der Waals surface area contributed by atoms with Gasteiger partial charge in [0, 0.05) is 25.6 Å². The van der Waals surface area contributed by atoms with E-state index in [2.05, 4.69) is 10.3 Å². The van der Waals surface area contributed by atoms with Gasteiger partial charge in [-0.05, 0) is 12.8 Å². The normalized spacial score (nSPS) is 12.2. The van der Waals surface area contributed by atoms with E-state index in [9.17, 15) is 9.59 Å². The number of carboxylic acid groups (broad SMARTS) is 2. The van der Waals surface area contributed by atoms with E-state index in [0.717, 1.165) is 38.6 Å². The summed E-state index contributed by atoms with van der Waals surface area (Å²) in [7, 11) is 0. The standard InChI is InChI=1S/C20H36N4O4/c21-18(20(27)28)15-17-16-24(23-22-17)14-12-10-8-6-4-2-1-3-5-7-9-11-13-19(25)26/h16,18H,1-15,21H2,(H,25,26)(H,27,28)/t18-/m0/s1. The topological polar surface area (TPSA) is 131 Å². The first-order valence-electron chi connectivity index (χ1n) is 10.6. The fourth-order valence-corrected chi connectivity index (χ4v) is 3.17. The zero-order chi connectivity index (χ0) is 20.6. The molecule has 0 saturated carbocycles. The molecule has 1 heterocycles. The molecule has 0 saturated heterocycles. The molecule has 8 heteroatoms. The molecule has 1 rings (SSSR count). The molecule has 0 aliphatic carbocycles. The van der Waals surface area contributed by atoms with Crippen molar-refractivity contribution in [3.8, 4) is 0 Å². The molecular weight excluding hydrogens is 360 g/mol. The van der Waals surface area contributed by atoms with E-state index < -0.39 is 18.0 Å². The number of hydrogen-bond acceptors (Lipinski definition) is 5. The molecule has 160 valence electrons. The summed E-state index contributed by atoms with van der Waals surface area (Å²) < 4.78 is 1.76. The summed E-state index contributed by atoms with van der Waals surface area (Å²) in [5, 5.41) is 25.4. The number of aryl methyl sites for hydroxylation is 1. The third-order valence-corrected chi connectivity index (χ3v) is 4.86. The maximum atomic E-state index is 10.7. The second-order valence-corrected chi connectivity index (χ2v) is 7.51. The number of aliphatic carboxylic acids is 2. The predicted molar refractivity (Wildman–Crippen MR) is 107 cm³/mol. The van der Waals surface area contributed by atoms with Crippen molar-refractivity contribution in [1.82, 2.24) is 15.0 Å². The van der Waals surface area contributed by atoms with Gasteiger partial charge in [0.05, 0.1) is 5.69 Å². The Morgan fingerprint density at radius 2 is 1.39 bits per heavy atom. The van der Waals surface area contributed by atoms with Gasteiger partial charge in [0.1, 0.15) is 6.04 Å². The summed E-state index contributed by atoms with van der Waals surface area (Å²) in [6.07, 6.45) is 16.3. The molecule has 0 bridgehead atoms. The van der Waals surface area contributed by atoms with Gasteiger partial charge >= 0.3 is 11.9 Å². The molecule has 1 aromatic rings. The first-order chi connectivity index (χ1) is 13.5. The van der Waals surface area contributed by atoms with Crippen molar-refractivity contribution < 1.29 is 19.8 Å². The Morgan fingerprint density at radius 3 is 1.89 bits per heavy atom. The van der Waals surface area contributed by atoms with Crippen molar-refractivity contribution in [2.75, 3.05) is 0 Å². The lowest BCUT2D eigenvalue weighted by Crippen LogP contribution is -2.32. The molecule has 0 aliphatic rings. The lowest BCUT2D eigenvalue weighted by atomic mass is 10.0. The maximum Gasteiger partial charge on any atom is 0.320 e. The highest BCUT2D eigenvalue weighted by Gasteiger charge is 2.14. The Kier molecular flexibility index (Phi) is 12.9. The number of hydrogen-bond donors (Lipinski definition) is 3. The SMILES string of the molecule is N[C@@H](Cc1cn(CCCCCCCCCCCCCCC(=O)O)nn1)C(=O)O. The van der Waals surface area contributed by atoms with Crippen molar-refractivity contribution in [2.24, 2.45) is 5.73 Å². The molecule has 1 aromatic heterocycles. The number of aromatic nitrogens is 3. The van der Waals surface area contributed by atoms with Gasteiger partial charge in [-0.3, -0.25) is 14.3 Å². The summed E-state index contributed by atoms with van der Waals surface area (Å²) in [4.78, 5) is 21.1. The largest absolute Gasteiger partial charge is 0.481 e. The van der Waals surface area contributed by atoms with Gasteiger partial charge in [-0.25, -0.2) is 0 Å². The summed E-state index contributed by atoms with van der Waals surface area (Å²) in [5.74, 6) is -1.71. The first kappa shape index (κ1) is 24.1. The minimum absolute atomic E-state index is 0.206. The zero-order valence-corrected chi connectivity index (χ0v) is 16.9. The molecule has 0 spiro atoms. The molecule has 28 heavy (non-hydrogen) atoms. The molecule has 4 N–H and O–H groups in total. The van der Waals surface area contributed by atoms with Crippen LogP contribution < -0.4 is 5.73 Å². The highest BCUT2D eigenvalue weighted by Crippen LogP contribution is 2.12. The smallest absolute Gasteiger partial charge is 0.320 e. The van der Waals surface area contributed by atoms with E-state index in [1.807, 2.05) is 0 Å². The minimum Gasteiger partial charge on any atom is -0.481 e. The monoisotopic (exact) mass is 396 g/mol. The van der Waals surface area contributed by atoms with Crippen molar-refractivity contribution >= 4 is 11.9 Å². The van der Waals surface area contributed by atoms with Crippen LogP contribution in [0.5, 0.6) is 0 Å². The number of carboxylic acids is 2. The van der Waals surface area contributed by atoms with Crippen LogP contribution in [0.3, 0.4) is 0 Å². The van der Waals surface area contributed by atoms with E-state index in [1.165, 1.54) is 44.9 Å². The maximum absolute atomic E-state index is 10.7. The van der Waals surface area contributed by atoms with Crippen molar-refractivity contribution in [2.45, 2.75) is 102 Å². The quantitative estimate of drug-likeness (QED) is 0.324. The van der Waals surface area contributed by atoms with Crippen LogP contribution in [0.15, 0.2) is 6.20 Å². The molecule has 8 nitrogen and oxygen atoms in total. The molecule has 0 radical (unpaired) electrons. The van der Waals surface area contributed by atoms with Crippen molar-refractivity contribution in [3.63, 3.8) is 0 Å². The Bertz CT molecular complexity index is 562. The van der Waals surface area contributed by atoms with E-state index in [4.69, 9.17) is 15.9 Å². The summed E-state index contributed by atoms with van der Waals surface area (Å²) in [6, 6.07) is -0.929. The van der Waals surface area contributed by atoms with Gasteiger partial charge in [-0.1, -0.05) is 69.4 Å². The third-order valence-electron chi connectivity index (χ3n) is 4.86. The average molecular weight is 397 g/mol. The van der Waals surface area contributed by atoms with Crippen molar-refractivity contribution in [1.29, 1.82) is 0 Å². The van der Waals surface area contributed by atoms with Crippen LogP contribution in [0.4, 0.5) is 0 Å². The van der Waals surface area contributed by atoms with Gasteiger partial charge in [0.2, 0.25) is 0 Å². The highest BCUT2D eigenvalue weighted by atomic mass is 16.4. The van der Waals surface area contributed by atoms with E-state index in [0.29, 0.717) is 12.1 Å². The fraction of sp³-hybridized carbons (Fsp3) is 0.800. The molecule has 0 unspecified atom stereocenters. The lowest BCUT2D eigenvalue weighted by molar-refractivity contribution is -0.139. The Balaban J connectivity index is 1.88. The number of nitrogens with zero attached hydrogens (tertiary/aromatic N) is 3. The number of rotatable bonds is 18. The van der Waals surface area contributed by atoms with Crippen LogP contribution in [-0.4, -0.2) is 43.2 Å². The predicted octanol–water partition coefficient (Wildman–Crippen LogP) is 3.39. The fourth-order valence-electron chi connectivity index (χ4n) is 3.17. The van der Waals surface area contributed by atoms with Crippen LogP contribution in [0.2, 0.25) is 0 Å². The molecule has 0 aliphatic heterocycles. The average Bonchev–Trinajstić information content (AvgIpc) is 3.08. The Morgan fingerprint density at radius 1 is 0.893 bits per heavy atom. The number of nitrogens with two attached hydrogens (primary N) is 1. The second-order valence-electron chi connectivity index (χ2n) is 7.51. The third kappa shape index (κ3) is 12.4. The van der Waals surface area contributed by atoms with Crippen LogP contribution in [0, 0.1) is 0 Å². The van der Waals surface area contributed by atoms with Gasteiger partial charge in [0.15, 0.2) is 0 Å². The second kappa shape index (κ2) is 15.0. The van der Waals surface area contributed by atoms with E-state index in [1.54, 1.807) is 10.9 Å². The number of unbranched alkanes of at least 4 members (excludes halogenated alkanes) is 11. The van der Waals surface area contributed by atoms with E-state index >= 15 is 0 Å². The van der Waals surface area contributed by atoms with Gasteiger partial charge in [-0.2, -0.15) is 0 Å². The Labute approximate surface area is 167 Å². The minimum atomic E-state index is -1.02. The van der Waals surface area contributed by atoms with Crippen LogP contribution in [0.25, 0.3) is 0 Å². The van der Waals surface area contributed by atoms with Crippen molar-refractivity contribution in [3.05, 3.63) is 11.9 Å². The van der Waals surface area contributed by atoms with Gasteiger partial charge in [0.25, 0.3) is 0 Å². The summed E-state index contributed by atoms with van der Waals surface area (Å²) in [5.41, 5.74) is 6.12. The molecule has 1 atom stereocenters. The number of carbonyl (C=O) groups is 2. The van der Waals surface area contributed by atoms with Crippen LogP contribution in [-0.2, 0) is 22.6 Å². The van der Waals surface area contributed by atoms with Gasteiger partial charge in [-0.15, -0.1) is 5.10 Å². The zero-order valence-electron chi connectivity index (χ0n) is 16.9. The highest BCUT2D eigenvalue weighted by molar-refractivity contribution is 5.73. The lowest BCUT2D eigenvalue weighted by Gasteiger charge is -2.03. The Hall–Kier alpha value is -1.96. The summed E-state index contributed by atoms with van der Waals surface area (Å²) >= 11 is 0. The van der Waals surface area contributed by atoms with E-state index in [-0.39, 0.29) is 6.42 Å². The summed E-state index contributed by atoms with van der Waals surface area (Å²) in [6.45, 7) is 0.803. The van der Waals surface area contributed by atoms with Crippen LogP contribution >= 0.6 is 0 Å². The molecule has 0 fully saturated rings. The first-order valence-corrected chi connectivity index (χ1v) is 10.6.